The molecule has 1 aliphatic heterocycles. The molecular formula is C5H9NO4S. The van der Waals surface area contributed by atoms with Gasteiger partial charge in [0.2, 0.25) is 0 Å². The molecule has 0 radical (unpaired) electrons. The van der Waals surface area contributed by atoms with E-state index >= 15 is 0 Å². The molecule has 0 aromatic carbocycles. The molecule has 1 aliphatic rings. The van der Waals surface area contributed by atoms with E-state index in [0.29, 0.717) is 0 Å². The summed E-state index contributed by atoms with van der Waals surface area (Å²) in [4.78, 5) is -0.149. The van der Waals surface area contributed by atoms with E-state index in [1.807, 2.05) is 0 Å². The average Bonchev–Trinajstić information content (AvgIpc) is 1.97. The summed E-state index contributed by atoms with van der Waals surface area (Å²) in [7, 11) is 0. The number of aliphatic hydroxyl groups excluding tert-OH is 4. The summed E-state index contributed by atoms with van der Waals surface area (Å²) in [5.74, 6) is 0. The summed E-state index contributed by atoms with van der Waals surface area (Å²) in [6, 6.07) is 0. The van der Waals surface area contributed by atoms with Gasteiger partial charge in [-0.25, -0.2) is 0 Å². The lowest BCUT2D eigenvalue weighted by Gasteiger charge is -2.33. The highest BCUT2D eigenvalue weighted by molar-refractivity contribution is 7.80. The van der Waals surface area contributed by atoms with Gasteiger partial charge in [-0.1, -0.05) is 12.2 Å². The van der Waals surface area contributed by atoms with Crippen LogP contribution in [0.2, 0.25) is 0 Å². The van der Waals surface area contributed by atoms with Gasteiger partial charge >= 0.3 is 0 Å². The Balaban J connectivity index is 2.71. The molecule has 64 valence electrons. The number of rotatable bonds is 0. The summed E-state index contributed by atoms with van der Waals surface area (Å²) in [5, 5.41) is 38.0. The van der Waals surface area contributed by atoms with E-state index in [4.69, 9.17) is 20.4 Å². The van der Waals surface area contributed by atoms with Crippen molar-refractivity contribution in [1.82, 2.24) is 5.32 Å². The van der Waals surface area contributed by atoms with Crippen molar-refractivity contribution >= 4 is 17.1 Å². The Morgan fingerprint density at radius 3 is 1.73 bits per heavy atom. The van der Waals surface area contributed by atoms with Crippen LogP contribution in [0.5, 0.6) is 0 Å². The van der Waals surface area contributed by atoms with Gasteiger partial charge in [0.05, 0.1) is 4.86 Å². The van der Waals surface area contributed by atoms with E-state index in [1.165, 1.54) is 0 Å². The minimum atomic E-state index is -1.30. The van der Waals surface area contributed by atoms with Gasteiger partial charge in [-0.15, -0.1) is 0 Å². The Labute approximate surface area is 68.3 Å². The van der Waals surface area contributed by atoms with Crippen LogP contribution >= 0.6 is 12.2 Å². The quantitative estimate of drug-likeness (QED) is 0.260. The van der Waals surface area contributed by atoms with Crippen molar-refractivity contribution in [2.75, 3.05) is 0 Å². The molecule has 1 fully saturated rings. The lowest BCUT2D eigenvalue weighted by Crippen LogP contribution is -2.62. The highest BCUT2D eigenvalue weighted by Crippen LogP contribution is 2.09. The van der Waals surface area contributed by atoms with Crippen molar-refractivity contribution in [3.63, 3.8) is 0 Å². The lowest BCUT2D eigenvalue weighted by atomic mass is 10.0. The summed E-state index contributed by atoms with van der Waals surface area (Å²) in [6.45, 7) is 0. The summed E-state index contributed by atoms with van der Waals surface area (Å²) >= 11 is 4.55. The van der Waals surface area contributed by atoms with Gasteiger partial charge in [0.15, 0.2) is 0 Å². The number of hydrogen-bond acceptors (Lipinski definition) is 6. The van der Waals surface area contributed by atoms with Crippen molar-refractivity contribution in [3.8, 4) is 0 Å². The van der Waals surface area contributed by atoms with Gasteiger partial charge in [-0.2, -0.15) is 0 Å². The van der Waals surface area contributed by atoms with Crippen molar-refractivity contribution in [2.45, 2.75) is 24.7 Å². The van der Waals surface area contributed by atoms with Gasteiger partial charge in [0.25, 0.3) is 0 Å². The van der Waals surface area contributed by atoms with E-state index in [-0.39, 0.29) is 4.86 Å². The number of hydrogen-bond donors (Lipinski definition) is 5. The normalized spacial score (nSPS) is 46.0. The number of piperidine rings is 1. The maximum Gasteiger partial charge on any atom is 0.137 e. The second-order valence-corrected chi connectivity index (χ2v) is 2.82. The maximum atomic E-state index is 9.01. The molecule has 1 saturated heterocycles. The predicted molar refractivity (Wildman–Crippen MR) is 39.8 cm³/mol. The van der Waals surface area contributed by atoms with Crippen LogP contribution in [0.3, 0.4) is 0 Å². The fourth-order valence-corrected chi connectivity index (χ4v) is 1.10. The van der Waals surface area contributed by atoms with E-state index in [9.17, 15) is 0 Å². The fourth-order valence-electron chi connectivity index (χ4n) is 0.843. The summed E-state index contributed by atoms with van der Waals surface area (Å²) in [5.41, 5.74) is 0. The van der Waals surface area contributed by atoms with Gasteiger partial charge in [-0.3, -0.25) is 5.32 Å². The van der Waals surface area contributed by atoms with Crippen molar-refractivity contribution in [2.24, 2.45) is 0 Å². The standard InChI is InChI=1S/C5H9NO4S/c7-1-3(11)2(8)5(10)6-4(1)9/h1-2,4-10H. The van der Waals surface area contributed by atoms with Crippen molar-refractivity contribution in [1.29, 1.82) is 0 Å². The Kier molecular flexibility index (Phi) is 2.53. The van der Waals surface area contributed by atoms with Gasteiger partial charge in [-0.05, 0) is 0 Å². The number of thiocarbonyl (C=S) groups is 1. The fraction of sp³-hybridized carbons (Fsp3) is 0.800. The van der Waals surface area contributed by atoms with E-state index in [0.717, 1.165) is 0 Å². The third-order valence-corrected chi connectivity index (χ3v) is 2.01. The molecule has 0 amide bonds. The van der Waals surface area contributed by atoms with Crippen molar-refractivity contribution < 1.29 is 20.4 Å². The van der Waals surface area contributed by atoms with Gasteiger partial charge < -0.3 is 20.4 Å². The minimum absolute atomic E-state index is 0.149. The van der Waals surface area contributed by atoms with Crippen LogP contribution in [0, 0.1) is 0 Å². The topological polar surface area (TPSA) is 93.0 Å². The van der Waals surface area contributed by atoms with Crippen LogP contribution in [0.4, 0.5) is 0 Å². The van der Waals surface area contributed by atoms with Crippen molar-refractivity contribution in [3.05, 3.63) is 0 Å². The Morgan fingerprint density at radius 1 is 1.00 bits per heavy atom. The Hall–Kier alpha value is -0.110. The highest BCUT2D eigenvalue weighted by Gasteiger charge is 2.37. The first kappa shape index (κ1) is 8.98. The van der Waals surface area contributed by atoms with Crippen LogP contribution in [-0.4, -0.2) is 50.0 Å². The zero-order chi connectivity index (χ0) is 8.59. The molecule has 0 saturated carbocycles. The largest absolute Gasteiger partial charge is 0.384 e. The van der Waals surface area contributed by atoms with Crippen LogP contribution in [0.15, 0.2) is 0 Å². The van der Waals surface area contributed by atoms with E-state index in [2.05, 4.69) is 17.5 Å². The van der Waals surface area contributed by atoms with Crippen LogP contribution < -0.4 is 5.32 Å². The van der Waals surface area contributed by atoms with E-state index in [1.54, 1.807) is 0 Å². The highest BCUT2D eigenvalue weighted by atomic mass is 32.1. The molecule has 5 nitrogen and oxygen atoms in total. The number of aliphatic hydroxyl groups is 4. The molecule has 6 heteroatoms. The zero-order valence-electron chi connectivity index (χ0n) is 5.51. The molecule has 1 heterocycles. The molecule has 0 spiro atoms. The molecule has 0 bridgehead atoms. The minimum Gasteiger partial charge on any atom is -0.384 e. The predicted octanol–water partition coefficient (Wildman–Crippen LogP) is -2.68. The Bertz CT molecular complexity index is 160. The molecule has 4 unspecified atom stereocenters. The third kappa shape index (κ3) is 1.56. The van der Waals surface area contributed by atoms with Gasteiger partial charge in [0.1, 0.15) is 24.7 Å². The lowest BCUT2D eigenvalue weighted by molar-refractivity contribution is -0.0664. The monoisotopic (exact) mass is 179 g/mol. The molecule has 5 N–H and O–H groups in total. The first-order valence-corrected chi connectivity index (χ1v) is 3.47. The second-order valence-electron chi connectivity index (χ2n) is 2.35. The molecule has 11 heavy (non-hydrogen) atoms. The molecule has 0 aliphatic carbocycles. The first-order valence-electron chi connectivity index (χ1n) is 3.06. The van der Waals surface area contributed by atoms with Gasteiger partial charge in [0, 0.05) is 0 Å². The van der Waals surface area contributed by atoms with Crippen LogP contribution in [0.25, 0.3) is 0 Å². The molecule has 1 rings (SSSR count). The average molecular weight is 179 g/mol. The van der Waals surface area contributed by atoms with E-state index < -0.39 is 24.7 Å². The third-order valence-electron chi connectivity index (χ3n) is 1.52. The molecule has 0 aromatic rings. The zero-order valence-corrected chi connectivity index (χ0v) is 6.32. The SMILES string of the molecule is OC1NC(O)C(O)C(=S)C1O. The second kappa shape index (κ2) is 3.10. The Morgan fingerprint density at radius 2 is 1.36 bits per heavy atom. The number of nitrogens with one attached hydrogen (secondary N) is 1. The summed E-state index contributed by atoms with van der Waals surface area (Å²) in [6.07, 6.45) is -5.21. The molecule has 4 atom stereocenters. The molecule has 0 aromatic heterocycles. The maximum absolute atomic E-state index is 9.01. The van der Waals surface area contributed by atoms with Crippen LogP contribution in [-0.2, 0) is 0 Å². The van der Waals surface area contributed by atoms with Crippen LogP contribution in [0.1, 0.15) is 0 Å². The first-order chi connectivity index (χ1) is 5.04. The summed E-state index contributed by atoms with van der Waals surface area (Å²) < 4.78 is 0. The smallest absolute Gasteiger partial charge is 0.137 e. The molecular weight excluding hydrogens is 170 g/mol.